The van der Waals surface area contributed by atoms with E-state index in [-0.39, 0.29) is 25.5 Å². The van der Waals surface area contributed by atoms with Crippen molar-refractivity contribution in [3.8, 4) is 0 Å². The maximum atomic E-state index is 12.7. The summed E-state index contributed by atoms with van der Waals surface area (Å²) in [4.78, 5) is 26.5. The van der Waals surface area contributed by atoms with E-state index in [1.54, 1.807) is 0 Å². The summed E-state index contributed by atoms with van der Waals surface area (Å²) in [6.45, 7) is 2.11. The summed E-state index contributed by atoms with van der Waals surface area (Å²) in [7, 11) is 0. The lowest BCUT2D eigenvalue weighted by molar-refractivity contribution is -0.120. The van der Waals surface area contributed by atoms with Crippen LogP contribution in [0.3, 0.4) is 0 Å². The van der Waals surface area contributed by atoms with Gasteiger partial charge in [-0.25, -0.2) is 4.79 Å². The number of likely N-dealkylation sites (tertiary alicyclic amines) is 1. The van der Waals surface area contributed by atoms with E-state index in [9.17, 15) is 14.7 Å². The van der Waals surface area contributed by atoms with E-state index >= 15 is 0 Å². The molecule has 0 spiro atoms. The van der Waals surface area contributed by atoms with Crippen LogP contribution >= 0.6 is 22.6 Å². The van der Waals surface area contributed by atoms with E-state index in [1.165, 1.54) is 4.90 Å². The van der Waals surface area contributed by atoms with Gasteiger partial charge in [0.25, 0.3) is 0 Å². The third kappa shape index (κ3) is 4.98. The van der Waals surface area contributed by atoms with E-state index in [0.29, 0.717) is 5.69 Å². The van der Waals surface area contributed by atoms with E-state index in [1.807, 2.05) is 55.5 Å². The van der Waals surface area contributed by atoms with Crippen molar-refractivity contribution in [2.24, 2.45) is 0 Å². The topological polar surface area (TPSA) is 78.9 Å². The lowest BCUT2D eigenvalue weighted by atomic mass is 10.1. The number of benzene rings is 2. The number of hydrogen-bond donors (Lipinski definition) is 2. The lowest BCUT2D eigenvalue weighted by Gasteiger charge is -2.23. The highest BCUT2D eigenvalue weighted by molar-refractivity contribution is 14.1. The number of carbonyl (C=O) groups excluding carboxylic acids is 2. The predicted molar refractivity (Wildman–Crippen MR) is 110 cm³/mol. The van der Waals surface area contributed by atoms with Gasteiger partial charge in [-0.15, -0.1) is 0 Å². The molecule has 2 N–H and O–H groups in total. The van der Waals surface area contributed by atoms with Crippen LogP contribution in [0.4, 0.5) is 10.5 Å². The Balaban J connectivity index is 1.65. The molecule has 1 aliphatic rings. The highest BCUT2D eigenvalue weighted by Crippen LogP contribution is 2.23. The first-order valence-electron chi connectivity index (χ1n) is 8.66. The molecule has 1 heterocycles. The Hall–Kier alpha value is -2.13. The molecule has 142 valence electrons. The van der Waals surface area contributed by atoms with Crippen LogP contribution in [0, 0.1) is 10.5 Å². The molecule has 0 radical (unpaired) electrons. The molecule has 2 amide bonds. The fourth-order valence-electron chi connectivity index (χ4n) is 3.05. The Kier molecular flexibility index (Phi) is 6.33. The van der Waals surface area contributed by atoms with E-state index in [0.717, 1.165) is 14.7 Å². The second kappa shape index (κ2) is 8.71. The molecule has 2 unspecified atom stereocenters. The number of ether oxygens (including phenoxy) is 1. The van der Waals surface area contributed by atoms with Gasteiger partial charge in [0.05, 0.1) is 12.6 Å². The third-order valence-electron chi connectivity index (χ3n) is 4.47. The van der Waals surface area contributed by atoms with E-state index in [2.05, 4.69) is 27.9 Å². The number of aliphatic hydroxyl groups is 1. The zero-order valence-corrected chi connectivity index (χ0v) is 17.0. The summed E-state index contributed by atoms with van der Waals surface area (Å²) < 4.78 is 6.40. The van der Waals surface area contributed by atoms with Crippen LogP contribution in [0.15, 0.2) is 48.5 Å². The van der Waals surface area contributed by atoms with Gasteiger partial charge in [-0.1, -0.05) is 30.3 Å². The summed E-state index contributed by atoms with van der Waals surface area (Å²) in [5.41, 5.74) is 2.49. The van der Waals surface area contributed by atoms with Crippen LogP contribution in [0.2, 0.25) is 0 Å². The molecule has 7 heteroatoms. The van der Waals surface area contributed by atoms with Gasteiger partial charge in [-0.3, -0.25) is 9.69 Å². The predicted octanol–water partition coefficient (Wildman–Crippen LogP) is 3.31. The largest absolute Gasteiger partial charge is 0.445 e. The number of aryl methyl sites for hydroxylation is 1. The van der Waals surface area contributed by atoms with Gasteiger partial charge >= 0.3 is 6.09 Å². The van der Waals surface area contributed by atoms with Crippen LogP contribution in [-0.2, 0) is 16.1 Å². The molecule has 0 aliphatic carbocycles. The van der Waals surface area contributed by atoms with Gasteiger partial charge in [0, 0.05) is 15.7 Å². The van der Waals surface area contributed by atoms with Crippen LogP contribution in [0.1, 0.15) is 17.5 Å². The number of hydrogen-bond acceptors (Lipinski definition) is 4. The van der Waals surface area contributed by atoms with Gasteiger partial charge in [0.1, 0.15) is 12.6 Å². The SMILES string of the molecule is Cc1cc(I)ccc1NC(=O)C1CC(O)CN1C(=O)OCc1ccccc1. The second-order valence-electron chi connectivity index (χ2n) is 6.55. The fraction of sp³-hybridized carbons (Fsp3) is 0.300. The standard InChI is InChI=1S/C20H21IN2O4/c1-13-9-15(21)7-8-17(13)22-19(25)18-10-16(24)11-23(18)20(26)27-12-14-5-3-2-4-6-14/h2-9,16,18,24H,10-12H2,1H3,(H,22,25). The molecule has 2 aromatic carbocycles. The van der Waals surface area contributed by atoms with Crippen molar-refractivity contribution in [2.75, 3.05) is 11.9 Å². The molecular formula is C20H21IN2O4. The molecule has 27 heavy (non-hydrogen) atoms. The first kappa shape index (κ1) is 19.6. The smallest absolute Gasteiger partial charge is 0.410 e. The molecule has 2 atom stereocenters. The number of nitrogens with one attached hydrogen (secondary N) is 1. The zero-order valence-electron chi connectivity index (χ0n) is 14.9. The van der Waals surface area contributed by atoms with Crippen LogP contribution < -0.4 is 5.32 Å². The molecule has 1 aliphatic heterocycles. The van der Waals surface area contributed by atoms with Crippen molar-refractivity contribution in [1.29, 1.82) is 0 Å². The number of amides is 2. The first-order valence-corrected chi connectivity index (χ1v) is 9.74. The van der Waals surface area contributed by atoms with Crippen LogP contribution in [-0.4, -0.2) is 40.7 Å². The Bertz CT molecular complexity index is 828. The highest BCUT2D eigenvalue weighted by Gasteiger charge is 2.40. The number of rotatable bonds is 4. The highest BCUT2D eigenvalue weighted by atomic mass is 127. The van der Waals surface area contributed by atoms with Crippen molar-refractivity contribution in [2.45, 2.75) is 32.1 Å². The Morgan fingerprint density at radius 3 is 2.70 bits per heavy atom. The second-order valence-corrected chi connectivity index (χ2v) is 7.79. The van der Waals surface area contributed by atoms with Gasteiger partial charge in [-0.05, 0) is 58.8 Å². The van der Waals surface area contributed by atoms with Crippen molar-refractivity contribution >= 4 is 40.3 Å². The van der Waals surface area contributed by atoms with Crippen molar-refractivity contribution in [3.05, 3.63) is 63.2 Å². The Labute approximate surface area is 171 Å². The summed E-state index contributed by atoms with van der Waals surface area (Å²) >= 11 is 2.21. The van der Waals surface area contributed by atoms with Crippen LogP contribution in [0.25, 0.3) is 0 Å². The minimum Gasteiger partial charge on any atom is -0.445 e. The Morgan fingerprint density at radius 1 is 1.26 bits per heavy atom. The average Bonchev–Trinajstić information content (AvgIpc) is 3.05. The third-order valence-corrected chi connectivity index (χ3v) is 5.14. The Morgan fingerprint density at radius 2 is 2.00 bits per heavy atom. The lowest BCUT2D eigenvalue weighted by Crippen LogP contribution is -2.43. The van der Waals surface area contributed by atoms with Crippen LogP contribution in [0.5, 0.6) is 0 Å². The number of β-amino-alcohol motifs (C(OH)–C–C–N with tert-alkyl or cyclic N) is 1. The molecule has 3 rings (SSSR count). The summed E-state index contributed by atoms with van der Waals surface area (Å²) in [6, 6.07) is 14.3. The van der Waals surface area contributed by atoms with Crippen molar-refractivity contribution < 1.29 is 19.4 Å². The van der Waals surface area contributed by atoms with Crippen molar-refractivity contribution in [1.82, 2.24) is 4.90 Å². The minimum absolute atomic E-state index is 0.0807. The quantitative estimate of drug-likeness (QED) is 0.659. The number of nitrogens with zero attached hydrogens (tertiary/aromatic N) is 1. The maximum Gasteiger partial charge on any atom is 0.410 e. The number of aliphatic hydroxyl groups excluding tert-OH is 1. The monoisotopic (exact) mass is 480 g/mol. The molecule has 1 saturated heterocycles. The maximum absolute atomic E-state index is 12.7. The van der Waals surface area contributed by atoms with Gasteiger partial charge in [-0.2, -0.15) is 0 Å². The number of halogens is 1. The molecule has 1 fully saturated rings. The average molecular weight is 480 g/mol. The molecule has 0 saturated carbocycles. The fourth-order valence-corrected chi connectivity index (χ4v) is 3.70. The molecule has 0 bridgehead atoms. The molecular weight excluding hydrogens is 459 g/mol. The normalized spacial score (nSPS) is 19.0. The number of carbonyl (C=O) groups is 2. The van der Waals surface area contributed by atoms with E-state index < -0.39 is 18.2 Å². The van der Waals surface area contributed by atoms with Gasteiger partial charge in [0.2, 0.25) is 5.91 Å². The molecule has 2 aromatic rings. The minimum atomic E-state index is -0.762. The van der Waals surface area contributed by atoms with E-state index in [4.69, 9.17) is 4.74 Å². The zero-order chi connectivity index (χ0) is 19.4. The summed E-state index contributed by atoms with van der Waals surface area (Å²) in [6.07, 6.45) is -1.16. The summed E-state index contributed by atoms with van der Waals surface area (Å²) in [5.74, 6) is -0.326. The molecule has 6 nitrogen and oxygen atoms in total. The molecule has 0 aromatic heterocycles. The summed E-state index contributed by atoms with van der Waals surface area (Å²) in [5, 5.41) is 12.8. The van der Waals surface area contributed by atoms with Gasteiger partial charge < -0.3 is 15.2 Å². The number of anilines is 1. The van der Waals surface area contributed by atoms with Gasteiger partial charge in [0.15, 0.2) is 0 Å². The first-order chi connectivity index (χ1) is 12.9. The van der Waals surface area contributed by atoms with Crippen molar-refractivity contribution in [3.63, 3.8) is 0 Å².